The number of carboxylic acid groups (broad SMARTS) is 1. The van der Waals surface area contributed by atoms with E-state index in [1.54, 1.807) is 4.68 Å². The molecule has 2 aromatic rings. The van der Waals surface area contributed by atoms with Crippen LogP contribution in [0.4, 0.5) is 0 Å². The summed E-state index contributed by atoms with van der Waals surface area (Å²) in [6.45, 7) is 5.97. The van der Waals surface area contributed by atoms with Crippen LogP contribution in [-0.2, 0) is 6.42 Å². The lowest BCUT2D eigenvalue weighted by Crippen LogP contribution is -2.06. The molecule has 0 fully saturated rings. The van der Waals surface area contributed by atoms with E-state index in [4.69, 9.17) is 5.11 Å². The Bertz CT molecular complexity index is 580. The number of nitrogens with zero attached hydrogens (tertiary/aromatic N) is 2. The number of carboxylic acids is 1. The van der Waals surface area contributed by atoms with Crippen molar-refractivity contribution in [3.63, 3.8) is 0 Å². The van der Waals surface area contributed by atoms with E-state index in [0.717, 1.165) is 22.5 Å². The molecule has 0 spiro atoms. The Labute approximate surface area is 106 Å². The van der Waals surface area contributed by atoms with Crippen molar-refractivity contribution in [1.82, 2.24) is 9.78 Å². The fourth-order valence-corrected chi connectivity index (χ4v) is 2.19. The van der Waals surface area contributed by atoms with Crippen molar-refractivity contribution in [2.75, 3.05) is 0 Å². The van der Waals surface area contributed by atoms with Crippen LogP contribution in [0.2, 0.25) is 0 Å². The zero-order chi connectivity index (χ0) is 13.3. The van der Waals surface area contributed by atoms with Crippen LogP contribution < -0.4 is 0 Å². The highest BCUT2D eigenvalue weighted by molar-refractivity contribution is 5.88. The van der Waals surface area contributed by atoms with Gasteiger partial charge in [-0.2, -0.15) is 5.10 Å². The predicted octanol–water partition coefficient (Wildman–Crippen LogP) is 2.75. The largest absolute Gasteiger partial charge is 0.478 e. The van der Waals surface area contributed by atoms with Gasteiger partial charge in [-0.3, -0.25) is 0 Å². The third kappa shape index (κ3) is 2.14. The Hall–Kier alpha value is -2.10. The van der Waals surface area contributed by atoms with E-state index >= 15 is 0 Å². The van der Waals surface area contributed by atoms with E-state index in [2.05, 4.69) is 11.2 Å². The zero-order valence-electron chi connectivity index (χ0n) is 10.8. The maximum absolute atomic E-state index is 11.1. The lowest BCUT2D eigenvalue weighted by atomic mass is 10.1. The molecule has 0 saturated carbocycles. The molecule has 0 aliphatic heterocycles. The SMILES string of the molecule is CCc1c(C(=O)O)cnn1-c1cc(C)cc(C)c1. The molecule has 0 aliphatic carbocycles. The fraction of sp³-hybridized carbons (Fsp3) is 0.286. The van der Waals surface area contributed by atoms with Crippen molar-refractivity contribution in [2.45, 2.75) is 27.2 Å². The van der Waals surface area contributed by atoms with E-state index in [-0.39, 0.29) is 5.56 Å². The van der Waals surface area contributed by atoms with Gasteiger partial charge in [0.2, 0.25) is 0 Å². The number of aryl methyl sites for hydroxylation is 2. The maximum atomic E-state index is 11.1. The summed E-state index contributed by atoms with van der Waals surface area (Å²) in [5, 5.41) is 13.3. The Kier molecular flexibility index (Phi) is 3.19. The minimum Gasteiger partial charge on any atom is -0.478 e. The van der Waals surface area contributed by atoms with Crippen molar-refractivity contribution in [3.8, 4) is 5.69 Å². The molecule has 1 aromatic carbocycles. The highest BCUT2D eigenvalue weighted by Crippen LogP contribution is 2.18. The summed E-state index contributed by atoms with van der Waals surface area (Å²) in [7, 11) is 0. The van der Waals surface area contributed by atoms with Gasteiger partial charge in [0.25, 0.3) is 0 Å². The summed E-state index contributed by atoms with van der Waals surface area (Å²) < 4.78 is 1.71. The van der Waals surface area contributed by atoms with Gasteiger partial charge in [-0.1, -0.05) is 13.0 Å². The minimum absolute atomic E-state index is 0.275. The first-order valence-electron chi connectivity index (χ1n) is 5.91. The standard InChI is InChI=1S/C14H16N2O2/c1-4-13-12(14(17)18)8-15-16(13)11-6-9(2)5-10(3)7-11/h5-8H,4H2,1-3H3,(H,17,18). The van der Waals surface area contributed by atoms with E-state index in [0.29, 0.717) is 6.42 Å². The van der Waals surface area contributed by atoms with Crippen molar-refractivity contribution in [2.24, 2.45) is 0 Å². The molecule has 94 valence electrons. The predicted molar refractivity (Wildman–Crippen MR) is 69.4 cm³/mol. The van der Waals surface area contributed by atoms with Crippen molar-refractivity contribution < 1.29 is 9.90 Å². The molecule has 0 bridgehead atoms. The van der Waals surface area contributed by atoms with Gasteiger partial charge in [-0.05, 0) is 43.5 Å². The first kappa shape index (κ1) is 12.4. The average Bonchev–Trinajstić information content (AvgIpc) is 2.70. The van der Waals surface area contributed by atoms with Gasteiger partial charge in [-0.25, -0.2) is 9.48 Å². The molecule has 1 N–H and O–H groups in total. The van der Waals surface area contributed by atoms with Crippen LogP contribution in [0.15, 0.2) is 24.4 Å². The summed E-state index contributed by atoms with van der Waals surface area (Å²) >= 11 is 0. The summed E-state index contributed by atoms with van der Waals surface area (Å²) in [5.41, 5.74) is 4.19. The second kappa shape index (κ2) is 4.64. The molecule has 0 saturated heterocycles. The number of carbonyl (C=O) groups is 1. The van der Waals surface area contributed by atoms with Crippen LogP contribution in [-0.4, -0.2) is 20.9 Å². The first-order valence-corrected chi connectivity index (χ1v) is 5.91. The Morgan fingerprint density at radius 3 is 2.39 bits per heavy atom. The van der Waals surface area contributed by atoms with Gasteiger partial charge < -0.3 is 5.11 Å². The summed E-state index contributed by atoms with van der Waals surface area (Å²) in [6.07, 6.45) is 2.05. The monoisotopic (exact) mass is 244 g/mol. The number of rotatable bonds is 3. The Morgan fingerprint density at radius 1 is 1.28 bits per heavy atom. The fourth-order valence-electron chi connectivity index (χ4n) is 2.19. The zero-order valence-corrected chi connectivity index (χ0v) is 10.8. The second-order valence-corrected chi connectivity index (χ2v) is 4.42. The van der Waals surface area contributed by atoms with E-state index in [1.807, 2.05) is 32.9 Å². The number of benzene rings is 1. The van der Waals surface area contributed by atoms with Gasteiger partial charge in [0.05, 0.1) is 17.6 Å². The van der Waals surface area contributed by atoms with E-state index in [1.165, 1.54) is 6.20 Å². The third-order valence-electron chi connectivity index (χ3n) is 2.89. The lowest BCUT2D eigenvalue weighted by Gasteiger charge is -2.09. The molecule has 1 heterocycles. The average molecular weight is 244 g/mol. The molecule has 1 aromatic heterocycles. The van der Waals surface area contributed by atoms with Gasteiger partial charge in [0, 0.05) is 0 Å². The molecule has 0 unspecified atom stereocenters. The van der Waals surface area contributed by atoms with Crippen LogP contribution in [0.3, 0.4) is 0 Å². The summed E-state index contributed by atoms with van der Waals surface area (Å²) in [6, 6.07) is 6.09. The number of hydrogen-bond donors (Lipinski definition) is 1. The molecule has 0 atom stereocenters. The number of aromatic carboxylic acids is 1. The maximum Gasteiger partial charge on any atom is 0.339 e. The molecule has 4 heteroatoms. The van der Waals surface area contributed by atoms with Crippen molar-refractivity contribution in [3.05, 3.63) is 46.8 Å². The highest BCUT2D eigenvalue weighted by atomic mass is 16.4. The van der Waals surface area contributed by atoms with Crippen molar-refractivity contribution in [1.29, 1.82) is 0 Å². The minimum atomic E-state index is -0.928. The summed E-state index contributed by atoms with van der Waals surface area (Å²) in [5.74, 6) is -0.928. The normalized spacial score (nSPS) is 10.6. The Morgan fingerprint density at radius 2 is 1.89 bits per heavy atom. The van der Waals surface area contributed by atoms with Crippen LogP contribution in [0.5, 0.6) is 0 Å². The van der Waals surface area contributed by atoms with E-state index < -0.39 is 5.97 Å². The van der Waals surface area contributed by atoms with Gasteiger partial charge in [-0.15, -0.1) is 0 Å². The molecular weight excluding hydrogens is 228 g/mol. The molecule has 18 heavy (non-hydrogen) atoms. The molecule has 4 nitrogen and oxygen atoms in total. The second-order valence-electron chi connectivity index (χ2n) is 4.42. The lowest BCUT2D eigenvalue weighted by molar-refractivity contribution is 0.0695. The smallest absolute Gasteiger partial charge is 0.339 e. The molecule has 0 aliphatic rings. The topological polar surface area (TPSA) is 55.1 Å². The number of aromatic nitrogens is 2. The van der Waals surface area contributed by atoms with Gasteiger partial charge in [0.15, 0.2) is 0 Å². The van der Waals surface area contributed by atoms with Crippen LogP contribution >= 0.6 is 0 Å². The quantitative estimate of drug-likeness (QED) is 0.903. The van der Waals surface area contributed by atoms with Crippen molar-refractivity contribution >= 4 is 5.97 Å². The van der Waals surface area contributed by atoms with Gasteiger partial charge in [0.1, 0.15) is 5.56 Å². The first-order chi connectivity index (χ1) is 8.52. The van der Waals surface area contributed by atoms with Crippen LogP contribution in [0.1, 0.15) is 34.1 Å². The third-order valence-corrected chi connectivity index (χ3v) is 2.89. The van der Waals surface area contributed by atoms with E-state index in [9.17, 15) is 4.79 Å². The van der Waals surface area contributed by atoms with Gasteiger partial charge >= 0.3 is 5.97 Å². The Balaban J connectivity index is 2.60. The summed E-state index contributed by atoms with van der Waals surface area (Å²) in [4.78, 5) is 11.1. The molecule has 0 amide bonds. The molecule has 2 rings (SSSR count). The number of hydrogen-bond acceptors (Lipinski definition) is 2. The molecular formula is C14H16N2O2. The highest BCUT2D eigenvalue weighted by Gasteiger charge is 2.16. The molecule has 0 radical (unpaired) electrons. The van der Waals surface area contributed by atoms with Crippen LogP contribution in [0, 0.1) is 13.8 Å². The van der Waals surface area contributed by atoms with Crippen LogP contribution in [0.25, 0.3) is 5.69 Å².